The van der Waals surface area contributed by atoms with Crippen LogP contribution in [-0.4, -0.2) is 27.7 Å². The Kier molecular flexibility index (Phi) is 5.48. The Labute approximate surface area is 169 Å². The van der Waals surface area contributed by atoms with E-state index < -0.39 is 0 Å². The molecule has 1 saturated carbocycles. The molecule has 1 fully saturated rings. The highest BCUT2D eigenvalue weighted by Gasteiger charge is 2.30. The van der Waals surface area contributed by atoms with Gasteiger partial charge in [-0.15, -0.1) is 10.2 Å². The molecule has 0 spiro atoms. The van der Waals surface area contributed by atoms with Gasteiger partial charge in [-0.25, -0.2) is 0 Å². The number of Topliss-reactive ketones (excluding diaryl/α,β-unsaturated/α-hetero) is 1. The number of carbonyl (C=O) groups is 1. The van der Waals surface area contributed by atoms with Gasteiger partial charge in [0.05, 0.1) is 13.7 Å². The normalized spacial score (nSPS) is 13.5. The lowest BCUT2D eigenvalue weighted by molar-refractivity contribution is 0.101. The molecule has 1 aliphatic carbocycles. The van der Waals surface area contributed by atoms with Crippen molar-refractivity contribution in [2.75, 3.05) is 7.11 Å². The number of ketones is 1. The molecule has 5 nitrogen and oxygen atoms in total. The van der Waals surface area contributed by atoms with Crippen LogP contribution in [0.1, 0.15) is 53.0 Å². The quantitative estimate of drug-likeness (QED) is 0.410. The molecular formula is C22H23N3O2S. The van der Waals surface area contributed by atoms with Crippen LogP contribution in [0.5, 0.6) is 5.75 Å². The van der Waals surface area contributed by atoms with Crippen LogP contribution in [0.2, 0.25) is 0 Å². The summed E-state index contributed by atoms with van der Waals surface area (Å²) in [7, 11) is 1.65. The number of thioether (sulfide) groups is 1. The summed E-state index contributed by atoms with van der Waals surface area (Å²) < 4.78 is 7.72. The largest absolute Gasteiger partial charge is 0.496 e. The van der Waals surface area contributed by atoms with Crippen molar-refractivity contribution in [2.45, 2.75) is 43.1 Å². The van der Waals surface area contributed by atoms with Crippen molar-refractivity contribution in [1.82, 2.24) is 14.8 Å². The van der Waals surface area contributed by atoms with E-state index in [1.165, 1.54) is 18.4 Å². The molecule has 0 amide bonds. The summed E-state index contributed by atoms with van der Waals surface area (Å²) in [4.78, 5) is 11.7. The monoisotopic (exact) mass is 393 g/mol. The van der Waals surface area contributed by atoms with E-state index in [1.54, 1.807) is 31.9 Å². The van der Waals surface area contributed by atoms with E-state index in [-0.39, 0.29) is 5.78 Å². The molecule has 1 heterocycles. The van der Waals surface area contributed by atoms with Crippen LogP contribution in [0.15, 0.2) is 53.7 Å². The van der Waals surface area contributed by atoms with E-state index in [1.807, 2.05) is 18.2 Å². The molecule has 0 radical (unpaired) electrons. The van der Waals surface area contributed by atoms with Crippen molar-refractivity contribution in [1.29, 1.82) is 0 Å². The highest BCUT2D eigenvalue weighted by Crippen LogP contribution is 2.40. The first-order valence-corrected chi connectivity index (χ1v) is 10.4. The first-order chi connectivity index (χ1) is 13.7. The number of carbonyl (C=O) groups excluding carboxylic acids is 1. The summed E-state index contributed by atoms with van der Waals surface area (Å²) in [5, 5.41) is 9.86. The number of nitrogens with zero attached hydrogens (tertiary/aromatic N) is 3. The van der Waals surface area contributed by atoms with Crippen molar-refractivity contribution < 1.29 is 9.53 Å². The average Bonchev–Trinajstić information content (AvgIpc) is 3.49. The fourth-order valence-electron chi connectivity index (χ4n) is 3.22. The molecule has 6 heteroatoms. The van der Waals surface area contributed by atoms with Crippen molar-refractivity contribution in [3.05, 3.63) is 71.0 Å². The van der Waals surface area contributed by atoms with Crippen molar-refractivity contribution in [3.8, 4) is 5.75 Å². The van der Waals surface area contributed by atoms with Gasteiger partial charge in [-0.2, -0.15) is 0 Å². The number of hydrogen-bond acceptors (Lipinski definition) is 5. The second-order valence-electron chi connectivity index (χ2n) is 7.06. The summed E-state index contributed by atoms with van der Waals surface area (Å²) in [5.74, 6) is 3.12. The second kappa shape index (κ2) is 8.19. The van der Waals surface area contributed by atoms with Gasteiger partial charge in [0.1, 0.15) is 11.6 Å². The molecule has 0 atom stereocenters. The number of aromatic nitrogens is 3. The Hall–Kier alpha value is -2.60. The zero-order valence-corrected chi connectivity index (χ0v) is 16.9. The maximum Gasteiger partial charge on any atom is 0.191 e. The fraction of sp³-hybridized carbons (Fsp3) is 0.318. The van der Waals surface area contributed by atoms with Crippen LogP contribution < -0.4 is 4.74 Å². The predicted molar refractivity (Wildman–Crippen MR) is 110 cm³/mol. The zero-order valence-electron chi connectivity index (χ0n) is 16.1. The summed E-state index contributed by atoms with van der Waals surface area (Å²) in [6.45, 7) is 2.35. The summed E-state index contributed by atoms with van der Waals surface area (Å²) >= 11 is 1.63. The minimum Gasteiger partial charge on any atom is -0.496 e. The molecule has 0 saturated heterocycles. The van der Waals surface area contributed by atoms with Crippen LogP contribution in [0.3, 0.4) is 0 Å². The van der Waals surface area contributed by atoms with Crippen LogP contribution in [0, 0.1) is 0 Å². The van der Waals surface area contributed by atoms with E-state index in [2.05, 4.69) is 39.0 Å². The van der Waals surface area contributed by atoms with Crippen molar-refractivity contribution in [3.63, 3.8) is 0 Å². The van der Waals surface area contributed by atoms with Gasteiger partial charge in [0.15, 0.2) is 10.9 Å². The van der Waals surface area contributed by atoms with Crippen LogP contribution >= 0.6 is 11.8 Å². The first kappa shape index (κ1) is 18.7. The van der Waals surface area contributed by atoms with Crippen molar-refractivity contribution >= 4 is 17.5 Å². The second-order valence-corrected chi connectivity index (χ2v) is 8.00. The van der Waals surface area contributed by atoms with Gasteiger partial charge in [0.25, 0.3) is 0 Å². The Morgan fingerprint density at radius 1 is 1.18 bits per heavy atom. The Balaban J connectivity index is 1.59. The Bertz CT molecular complexity index is 981. The van der Waals surface area contributed by atoms with E-state index in [0.717, 1.165) is 28.8 Å². The molecule has 1 aromatic heterocycles. The minimum atomic E-state index is 0.0529. The molecule has 0 N–H and O–H groups in total. The van der Waals surface area contributed by atoms with Gasteiger partial charge in [-0.05, 0) is 43.5 Å². The Morgan fingerprint density at radius 3 is 2.64 bits per heavy atom. The fourth-order valence-corrected chi connectivity index (χ4v) is 4.14. The van der Waals surface area contributed by atoms with Gasteiger partial charge in [-0.1, -0.05) is 42.1 Å². The topological polar surface area (TPSA) is 57.0 Å². The van der Waals surface area contributed by atoms with Gasteiger partial charge < -0.3 is 9.30 Å². The number of methoxy groups -OCH3 is 1. The molecule has 2 aromatic carbocycles. The molecule has 0 unspecified atom stereocenters. The summed E-state index contributed by atoms with van der Waals surface area (Å²) in [5.41, 5.74) is 2.92. The third kappa shape index (κ3) is 4.12. The molecule has 144 valence electrons. The number of rotatable bonds is 8. The SMILES string of the molecule is COc1ccc(C(C)=O)cc1CSc1nnc(C2CC2)n1Cc1ccccc1. The summed E-state index contributed by atoms with van der Waals surface area (Å²) in [6.07, 6.45) is 2.37. The molecular weight excluding hydrogens is 370 g/mol. The predicted octanol–water partition coefficient (Wildman–Crippen LogP) is 4.71. The number of benzene rings is 2. The maximum atomic E-state index is 11.7. The van der Waals surface area contributed by atoms with Gasteiger partial charge in [0, 0.05) is 22.8 Å². The Morgan fingerprint density at radius 2 is 1.96 bits per heavy atom. The molecule has 0 aliphatic heterocycles. The molecule has 3 aromatic rings. The lowest BCUT2D eigenvalue weighted by atomic mass is 10.1. The lowest BCUT2D eigenvalue weighted by Crippen LogP contribution is -2.06. The first-order valence-electron chi connectivity index (χ1n) is 9.43. The van der Waals surface area contributed by atoms with Crippen LogP contribution in [-0.2, 0) is 12.3 Å². The van der Waals surface area contributed by atoms with Gasteiger partial charge in [0.2, 0.25) is 0 Å². The smallest absolute Gasteiger partial charge is 0.191 e. The van der Waals surface area contributed by atoms with Gasteiger partial charge in [-0.3, -0.25) is 4.79 Å². The third-order valence-electron chi connectivity index (χ3n) is 4.92. The average molecular weight is 394 g/mol. The van der Waals surface area contributed by atoms with Gasteiger partial charge >= 0.3 is 0 Å². The minimum absolute atomic E-state index is 0.0529. The van der Waals surface area contributed by atoms with E-state index in [0.29, 0.717) is 17.2 Å². The third-order valence-corrected chi connectivity index (χ3v) is 5.93. The lowest BCUT2D eigenvalue weighted by Gasteiger charge is -2.12. The zero-order chi connectivity index (χ0) is 19.5. The maximum absolute atomic E-state index is 11.7. The van der Waals surface area contributed by atoms with E-state index in [9.17, 15) is 4.79 Å². The molecule has 28 heavy (non-hydrogen) atoms. The van der Waals surface area contributed by atoms with Crippen LogP contribution in [0.4, 0.5) is 0 Å². The van der Waals surface area contributed by atoms with Crippen LogP contribution in [0.25, 0.3) is 0 Å². The molecule has 1 aliphatic rings. The highest BCUT2D eigenvalue weighted by molar-refractivity contribution is 7.98. The highest BCUT2D eigenvalue weighted by atomic mass is 32.2. The summed E-state index contributed by atoms with van der Waals surface area (Å²) in [6, 6.07) is 16.0. The number of ether oxygens (including phenoxy) is 1. The van der Waals surface area contributed by atoms with Crippen molar-refractivity contribution in [2.24, 2.45) is 0 Å². The standard InChI is InChI=1S/C22H23N3O2S/c1-15(26)18-10-11-20(27-2)19(12-18)14-28-22-24-23-21(17-8-9-17)25(22)13-16-6-4-3-5-7-16/h3-7,10-12,17H,8-9,13-14H2,1-2H3. The van der Waals surface area contributed by atoms with E-state index in [4.69, 9.17) is 4.74 Å². The van der Waals surface area contributed by atoms with E-state index >= 15 is 0 Å². The molecule has 0 bridgehead atoms. The number of hydrogen-bond donors (Lipinski definition) is 0. The molecule has 4 rings (SSSR count).